The molecule has 5 rings (SSSR count). The Bertz CT molecular complexity index is 1420. The molecule has 0 saturated carbocycles. The third kappa shape index (κ3) is 4.77. The van der Waals surface area contributed by atoms with Gasteiger partial charge in [-0.3, -0.25) is 14.0 Å². The molecule has 9 heteroatoms. The van der Waals surface area contributed by atoms with Crippen LogP contribution < -0.4 is 9.62 Å². The highest BCUT2D eigenvalue weighted by atomic mass is 32.2. The molecule has 1 fully saturated rings. The van der Waals surface area contributed by atoms with Crippen molar-refractivity contribution in [3.63, 3.8) is 0 Å². The number of nitrogens with zero attached hydrogens (tertiary/aromatic N) is 3. The summed E-state index contributed by atoms with van der Waals surface area (Å²) in [7, 11) is -1.28. The normalized spacial score (nSPS) is 14.7. The second-order valence-electron chi connectivity index (χ2n) is 8.70. The summed E-state index contributed by atoms with van der Waals surface area (Å²) in [5, 5.41) is 0.935. The summed E-state index contributed by atoms with van der Waals surface area (Å²) in [6.07, 6.45) is 1.70. The first-order valence-electron chi connectivity index (χ1n) is 11.5. The van der Waals surface area contributed by atoms with Crippen molar-refractivity contribution in [2.75, 3.05) is 35.8 Å². The van der Waals surface area contributed by atoms with E-state index in [4.69, 9.17) is 0 Å². The van der Waals surface area contributed by atoms with Gasteiger partial charge in [-0.25, -0.2) is 4.39 Å². The summed E-state index contributed by atoms with van der Waals surface area (Å²) >= 11 is 0. The minimum atomic E-state index is -2.96. The Morgan fingerprint density at radius 3 is 2.37 bits per heavy atom. The minimum absolute atomic E-state index is 0.0670. The average Bonchev–Trinajstić information content (AvgIpc) is 2.88. The zero-order valence-corrected chi connectivity index (χ0v) is 20.3. The van der Waals surface area contributed by atoms with Gasteiger partial charge in [-0.1, -0.05) is 40.3 Å². The Labute approximate surface area is 205 Å². The number of anilines is 2. The van der Waals surface area contributed by atoms with E-state index >= 15 is 0 Å². The predicted octanol–water partition coefficient (Wildman–Crippen LogP) is 3.29. The zero-order chi connectivity index (χ0) is 24.4. The van der Waals surface area contributed by atoms with Gasteiger partial charge in [-0.15, -0.1) is 0 Å². The van der Waals surface area contributed by atoms with Crippen molar-refractivity contribution in [2.24, 2.45) is 0 Å². The van der Waals surface area contributed by atoms with Gasteiger partial charge in [0.1, 0.15) is 5.82 Å². The Morgan fingerprint density at radius 2 is 1.63 bits per heavy atom. The van der Waals surface area contributed by atoms with Crippen LogP contribution in [0.25, 0.3) is 10.9 Å². The van der Waals surface area contributed by atoms with E-state index in [1.54, 1.807) is 54.6 Å². The number of piperazine rings is 1. The Hall–Kier alpha value is -3.72. The molecule has 1 N–H and O–H groups in total. The molecule has 6 nitrogen and oxygen atoms in total. The van der Waals surface area contributed by atoms with Crippen molar-refractivity contribution in [2.45, 2.75) is 4.90 Å². The predicted molar refractivity (Wildman–Crippen MR) is 143 cm³/mol. The van der Waals surface area contributed by atoms with E-state index in [0.717, 1.165) is 10.9 Å². The van der Waals surface area contributed by atoms with E-state index in [1.165, 1.54) is 6.07 Å². The Kier molecular flexibility index (Phi) is 6.26. The molecular weight excluding hydrogens is 462 g/mol. The highest BCUT2D eigenvalue weighted by Gasteiger charge is 2.24. The summed E-state index contributed by atoms with van der Waals surface area (Å²) in [4.78, 5) is 21.9. The van der Waals surface area contributed by atoms with Crippen LogP contribution in [-0.2, 0) is 9.97 Å². The first-order chi connectivity index (χ1) is 16.9. The smallest absolute Gasteiger partial charge is 0.253 e. The van der Waals surface area contributed by atoms with E-state index in [-0.39, 0.29) is 11.7 Å². The number of carbonyl (C=O) groups is 1. The summed E-state index contributed by atoms with van der Waals surface area (Å²) in [6, 6.07) is 23.2. The molecular formula is C26H26BFN4O2S. The molecule has 0 unspecified atom stereocenters. The molecule has 178 valence electrons. The molecule has 1 aromatic heterocycles. The van der Waals surface area contributed by atoms with Gasteiger partial charge >= 0.3 is 0 Å². The topological polar surface area (TPSA) is 65.5 Å². The quantitative estimate of drug-likeness (QED) is 0.334. The van der Waals surface area contributed by atoms with Gasteiger partial charge in [0.25, 0.3) is 5.91 Å². The molecule has 1 aliphatic rings. The maximum absolute atomic E-state index is 14.1. The van der Waals surface area contributed by atoms with Crippen LogP contribution in [0.15, 0.2) is 90.0 Å². The number of carbonyl (C=O) groups excluding carboxylic acids is 1. The first kappa shape index (κ1) is 23.0. The van der Waals surface area contributed by atoms with Crippen LogP contribution >= 0.6 is 0 Å². The van der Waals surface area contributed by atoms with Crippen LogP contribution in [0.3, 0.4) is 0 Å². The number of aromatic nitrogens is 1. The van der Waals surface area contributed by atoms with Gasteiger partial charge in [-0.05, 0) is 48.5 Å². The molecule has 0 atom stereocenters. The number of nitrogens with one attached hydrogen (secondary N) is 1. The second kappa shape index (κ2) is 9.50. The monoisotopic (exact) mass is 488 g/mol. The third-order valence-corrected chi connectivity index (χ3v) is 8.27. The van der Waals surface area contributed by atoms with Crippen molar-refractivity contribution < 1.29 is 13.4 Å². The number of rotatable bonds is 5. The summed E-state index contributed by atoms with van der Waals surface area (Å²) in [6.45, 7) is 2.19. The van der Waals surface area contributed by atoms with E-state index in [1.807, 2.05) is 41.3 Å². The maximum Gasteiger partial charge on any atom is 0.253 e. The number of halogens is 1. The molecule has 0 bridgehead atoms. The van der Waals surface area contributed by atoms with Gasteiger partial charge in [0.2, 0.25) is 7.12 Å². The number of hydrogen-bond acceptors (Lipinski definition) is 4. The fourth-order valence-electron chi connectivity index (χ4n) is 4.47. The fraction of sp³-hybridized carbons (Fsp3) is 0.154. The van der Waals surface area contributed by atoms with Crippen LogP contribution in [0.5, 0.6) is 0 Å². The number of amides is 1. The van der Waals surface area contributed by atoms with Crippen molar-refractivity contribution in [3.05, 3.63) is 96.4 Å². The third-order valence-electron chi connectivity index (χ3n) is 6.31. The molecule has 2 heterocycles. The van der Waals surface area contributed by atoms with Gasteiger partial charge in [0, 0.05) is 53.9 Å². The lowest BCUT2D eigenvalue weighted by Crippen LogP contribution is -2.49. The van der Waals surface area contributed by atoms with Crippen LogP contribution in [0, 0.1) is 5.82 Å². The number of thiol groups is 1. The largest absolute Gasteiger partial charge is 0.366 e. The maximum atomic E-state index is 14.1. The van der Waals surface area contributed by atoms with Crippen molar-refractivity contribution in [1.29, 1.82) is 0 Å². The molecule has 1 aliphatic heterocycles. The number of fused-ring (bicyclic) bond motifs is 1. The standard InChI is InChI=1S/C26H26BFN4O2S/c27-35(34,24-9-3-5-19-6-4-14-29-25(19)24)30-21-12-10-20(11-13-21)26(33)32-17-15-31(16-18-32)23-8-2-1-7-22(23)28/h1-14,35H,15-18,27H2,(H,30,34). The zero-order valence-electron chi connectivity index (χ0n) is 19.4. The lowest BCUT2D eigenvalue weighted by molar-refractivity contribution is 0.0746. The van der Waals surface area contributed by atoms with Crippen molar-refractivity contribution in [3.8, 4) is 0 Å². The van der Waals surface area contributed by atoms with E-state index < -0.39 is 9.97 Å². The SMILES string of the molecule is B[SH](=O)(Nc1ccc(C(=O)N2CCN(c3ccccc3F)CC2)cc1)c1cccc2cccnc12. The second-order valence-corrected chi connectivity index (χ2v) is 11.2. The average molecular weight is 488 g/mol. The van der Waals surface area contributed by atoms with Gasteiger partial charge in [0.05, 0.1) is 11.2 Å². The first-order valence-corrected chi connectivity index (χ1v) is 13.7. The lowest BCUT2D eigenvalue weighted by atomic mass is 10.1. The summed E-state index contributed by atoms with van der Waals surface area (Å²) in [5.74, 6) is -0.314. The van der Waals surface area contributed by atoms with Gasteiger partial charge in [-0.2, -0.15) is 0 Å². The van der Waals surface area contributed by atoms with Crippen LogP contribution in [0.1, 0.15) is 10.4 Å². The van der Waals surface area contributed by atoms with Gasteiger partial charge < -0.3 is 14.5 Å². The molecule has 4 aromatic rings. The number of benzene rings is 3. The molecule has 1 amide bonds. The highest BCUT2D eigenvalue weighted by molar-refractivity contribution is 8.23. The molecule has 0 spiro atoms. The van der Waals surface area contributed by atoms with Gasteiger partial charge in [0.15, 0.2) is 0 Å². The van der Waals surface area contributed by atoms with E-state index in [2.05, 4.69) is 9.71 Å². The van der Waals surface area contributed by atoms with Crippen molar-refractivity contribution in [1.82, 2.24) is 9.88 Å². The number of para-hydroxylation sites is 2. The molecule has 3 aromatic carbocycles. The minimum Gasteiger partial charge on any atom is -0.366 e. The fourth-order valence-corrected chi connectivity index (χ4v) is 6.19. The van der Waals surface area contributed by atoms with E-state index in [9.17, 15) is 13.4 Å². The van der Waals surface area contributed by atoms with Crippen molar-refractivity contribution >= 4 is 45.3 Å². The molecule has 0 aliphatic carbocycles. The summed E-state index contributed by atoms with van der Waals surface area (Å²) in [5.41, 5.74) is 2.52. The highest BCUT2D eigenvalue weighted by Crippen LogP contribution is 2.26. The van der Waals surface area contributed by atoms with Crippen LogP contribution in [0.4, 0.5) is 15.8 Å². The number of hydrogen-bond donors (Lipinski definition) is 2. The molecule has 1 saturated heterocycles. The van der Waals surface area contributed by atoms with E-state index in [0.29, 0.717) is 48.0 Å². The molecule has 35 heavy (non-hydrogen) atoms. The number of pyridine rings is 1. The Morgan fingerprint density at radius 1 is 0.914 bits per heavy atom. The lowest BCUT2D eigenvalue weighted by Gasteiger charge is -2.36. The summed E-state index contributed by atoms with van der Waals surface area (Å²) < 4.78 is 30.8. The molecule has 0 radical (unpaired) electrons. The Balaban J connectivity index is 1.25. The van der Waals surface area contributed by atoms with Crippen LogP contribution in [-0.4, -0.2) is 53.3 Å². The van der Waals surface area contributed by atoms with Crippen LogP contribution in [0.2, 0.25) is 0 Å².